The van der Waals surface area contributed by atoms with Crippen molar-refractivity contribution < 1.29 is 19.1 Å². The standard InChI is InChI=1S/C23H30N2O4S/c1-5-28-18-10-7-16(13-19(18)29-6-2)11-12-24-22(27)20-14(3)15(4)30-23(20)25-21(26)17-8-9-17/h7,10,13,17H,5-6,8-9,11-12H2,1-4H3,(H,24,27)(H,25,26). The van der Waals surface area contributed by atoms with Crippen molar-refractivity contribution in [1.29, 1.82) is 0 Å². The van der Waals surface area contributed by atoms with E-state index in [0.717, 1.165) is 40.3 Å². The molecule has 1 fully saturated rings. The zero-order valence-corrected chi connectivity index (χ0v) is 18.9. The van der Waals surface area contributed by atoms with Gasteiger partial charge in [-0.2, -0.15) is 0 Å². The summed E-state index contributed by atoms with van der Waals surface area (Å²) in [6, 6.07) is 5.85. The molecule has 1 saturated carbocycles. The van der Waals surface area contributed by atoms with Gasteiger partial charge in [-0.25, -0.2) is 0 Å². The van der Waals surface area contributed by atoms with E-state index in [-0.39, 0.29) is 17.7 Å². The average molecular weight is 431 g/mol. The van der Waals surface area contributed by atoms with Gasteiger partial charge in [0, 0.05) is 17.3 Å². The van der Waals surface area contributed by atoms with Crippen LogP contribution in [0.15, 0.2) is 18.2 Å². The van der Waals surface area contributed by atoms with Crippen molar-refractivity contribution in [2.45, 2.75) is 47.0 Å². The number of anilines is 1. The molecule has 6 nitrogen and oxygen atoms in total. The van der Waals surface area contributed by atoms with Gasteiger partial charge in [0.1, 0.15) is 5.00 Å². The van der Waals surface area contributed by atoms with Crippen molar-refractivity contribution in [2.75, 3.05) is 25.1 Å². The Morgan fingerprint density at radius 3 is 2.47 bits per heavy atom. The Morgan fingerprint density at radius 1 is 1.10 bits per heavy atom. The van der Waals surface area contributed by atoms with E-state index in [1.807, 2.05) is 45.9 Å². The number of rotatable bonds is 10. The first-order chi connectivity index (χ1) is 14.4. The number of amides is 2. The molecule has 2 N–H and O–H groups in total. The maximum Gasteiger partial charge on any atom is 0.254 e. The average Bonchev–Trinajstić information content (AvgIpc) is 3.51. The molecule has 7 heteroatoms. The van der Waals surface area contributed by atoms with Crippen LogP contribution in [0.2, 0.25) is 0 Å². The second kappa shape index (κ2) is 9.98. The van der Waals surface area contributed by atoms with Crippen molar-refractivity contribution in [3.05, 3.63) is 39.8 Å². The minimum absolute atomic E-state index is 0.0168. The molecular weight excluding hydrogens is 400 g/mol. The third-order valence-corrected chi connectivity index (χ3v) is 6.23. The molecule has 0 unspecified atom stereocenters. The number of nitrogens with one attached hydrogen (secondary N) is 2. The molecule has 0 radical (unpaired) electrons. The molecule has 162 valence electrons. The number of ether oxygens (including phenoxy) is 2. The van der Waals surface area contributed by atoms with E-state index in [1.54, 1.807) is 0 Å². The lowest BCUT2D eigenvalue weighted by atomic mass is 10.1. The van der Waals surface area contributed by atoms with Crippen LogP contribution >= 0.6 is 11.3 Å². The lowest BCUT2D eigenvalue weighted by Crippen LogP contribution is -2.27. The van der Waals surface area contributed by atoms with Gasteiger partial charge in [-0.1, -0.05) is 6.07 Å². The van der Waals surface area contributed by atoms with Crippen LogP contribution in [0.5, 0.6) is 11.5 Å². The summed E-state index contributed by atoms with van der Waals surface area (Å²) in [5, 5.41) is 6.60. The fourth-order valence-electron chi connectivity index (χ4n) is 3.21. The van der Waals surface area contributed by atoms with Crippen molar-refractivity contribution in [3.8, 4) is 11.5 Å². The van der Waals surface area contributed by atoms with E-state index in [2.05, 4.69) is 10.6 Å². The highest BCUT2D eigenvalue weighted by Gasteiger charge is 2.31. The Balaban J connectivity index is 1.63. The molecule has 0 spiro atoms. The molecule has 2 aromatic rings. The molecule has 1 heterocycles. The summed E-state index contributed by atoms with van der Waals surface area (Å²) in [5.41, 5.74) is 2.55. The third kappa shape index (κ3) is 5.33. The highest BCUT2D eigenvalue weighted by atomic mass is 32.1. The summed E-state index contributed by atoms with van der Waals surface area (Å²) in [6.07, 6.45) is 2.54. The topological polar surface area (TPSA) is 76.7 Å². The Hall–Kier alpha value is -2.54. The fourth-order valence-corrected chi connectivity index (χ4v) is 4.27. The smallest absolute Gasteiger partial charge is 0.254 e. The molecule has 0 bridgehead atoms. The van der Waals surface area contributed by atoms with Gasteiger partial charge in [0.25, 0.3) is 5.91 Å². The van der Waals surface area contributed by atoms with Gasteiger partial charge in [-0.3, -0.25) is 9.59 Å². The van der Waals surface area contributed by atoms with Gasteiger partial charge in [0.05, 0.1) is 18.8 Å². The van der Waals surface area contributed by atoms with E-state index in [4.69, 9.17) is 9.47 Å². The van der Waals surface area contributed by atoms with Crippen LogP contribution in [0.4, 0.5) is 5.00 Å². The number of hydrogen-bond donors (Lipinski definition) is 2. The first kappa shape index (κ1) is 22.2. The highest BCUT2D eigenvalue weighted by Crippen LogP contribution is 2.36. The molecular formula is C23H30N2O4S. The minimum Gasteiger partial charge on any atom is -0.490 e. The summed E-state index contributed by atoms with van der Waals surface area (Å²) in [4.78, 5) is 26.1. The molecule has 0 saturated heterocycles. The molecule has 1 aliphatic carbocycles. The molecule has 1 aromatic heterocycles. The van der Waals surface area contributed by atoms with E-state index in [0.29, 0.717) is 36.7 Å². The zero-order valence-electron chi connectivity index (χ0n) is 18.1. The lowest BCUT2D eigenvalue weighted by molar-refractivity contribution is -0.117. The first-order valence-corrected chi connectivity index (χ1v) is 11.3. The van der Waals surface area contributed by atoms with Gasteiger partial charge in [0.2, 0.25) is 5.91 Å². The van der Waals surface area contributed by atoms with Crippen molar-refractivity contribution in [2.24, 2.45) is 5.92 Å². The SMILES string of the molecule is CCOc1ccc(CCNC(=O)c2c(NC(=O)C3CC3)sc(C)c2C)cc1OCC. The molecule has 0 atom stereocenters. The number of thiophene rings is 1. The molecule has 3 rings (SSSR count). The third-order valence-electron chi connectivity index (χ3n) is 5.10. The number of carbonyl (C=O) groups excluding carboxylic acids is 2. The van der Waals surface area contributed by atoms with Crippen LogP contribution in [0, 0.1) is 19.8 Å². The number of benzene rings is 1. The van der Waals surface area contributed by atoms with Crippen LogP contribution < -0.4 is 20.1 Å². The molecule has 2 amide bonds. The number of hydrogen-bond acceptors (Lipinski definition) is 5. The van der Waals surface area contributed by atoms with Crippen molar-refractivity contribution in [1.82, 2.24) is 5.32 Å². The largest absolute Gasteiger partial charge is 0.490 e. The van der Waals surface area contributed by atoms with E-state index >= 15 is 0 Å². The summed E-state index contributed by atoms with van der Waals surface area (Å²) in [7, 11) is 0. The van der Waals surface area contributed by atoms with Crippen LogP contribution in [0.3, 0.4) is 0 Å². The van der Waals surface area contributed by atoms with Crippen molar-refractivity contribution in [3.63, 3.8) is 0 Å². The van der Waals surface area contributed by atoms with Crippen LogP contribution in [0.1, 0.15) is 53.1 Å². The van der Waals surface area contributed by atoms with Crippen LogP contribution in [-0.2, 0) is 11.2 Å². The highest BCUT2D eigenvalue weighted by molar-refractivity contribution is 7.16. The van der Waals surface area contributed by atoms with Crippen LogP contribution in [-0.4, -0.2) is 31.6 Å². The van der Waals surface area contributed by atoms with Crippen molar-refractivity contribution >= 4 is 28.2 Å². The minimum atomic E-state index is -0.154. The quantitative estimate of drug-likeness (QED) is 0.583. The lowest BCUT2D eigenvalue weighted by Gasteiger charge is -2.13. The Morgan fingerprint density at radius 2 is 1.80 bits per heavy atom. The number of aryl methyl sites for hydroxylation is 1. The van der Waals surface area contributed by atoms with Gasteiger partial charge < -0.3 is 20.1 Å². The zero-order chi connectivity index (χ0) is 21.7. The predicted octanol–water partition coefficient (Wildman–Crippen LogP) is 4.48. The maximum absolute atomic E-state index is 12.9. The van der Waals surface area contributed by atoms with E-state index in [9.17, 15) is 9.59 Å². The summed E-state index contributed by atoms with van der Waals surface area (Å²) >= 11 is 1.46. The molecule has 0 aliphatic heterocycles. The summed E-state index contributed by atoms with van der Waals surface area (Å²) in [5.74, 6) is 1.41. The normalized spacial score (nSPS) is 13.1. The Kier molecular flexibility index (Phi) is 7.37. The van der Waals surface area contributed by atoms with Crippen LogP contribution in [0.25, 0.3) is 0 Å². The number of carbonyl (C=O) groups is 2. The van der Waals surface area contributed by atoms with Gasteiger partial charge in [-0.15, -0.1) is 11.3 Å². The van der Waals surface area contributed by atoms with E-state index < -0.39 is 0 Å². The van der Waals surface area contributed by atoms with Gasteiger partial charge in [-0.05, 0) is 70.2 Å². The summed E-state index contributed by atoms with van der Waals surface area (Å²) < 4.78 is 11.3. The fraction of sp³-hybridized carbons (Fsp3) is 0.478. The first-order valence-electron chi connectivity index (χ1n) is 10.5. The molecule has 1 aromatic carbocycles. The second-order valence-corrected chi connectivity index (χ2v) is 8.63. The molecule has 30 heavy (non-hydrogen) atoms. The maximum atomic E-state index is 12.9. The Bertz CT molecular complexity index is 918. The molecule has 1 aliphatic rings. The monoisotopic (exact) mass is 430 g/mol. The summed E-state index contributed by atoms with van der Waals surface area (Å²) in [6.45, 7) is 9.40. The van der Waals surface area contributed by atoms with E-state index in [1.165, 1.54) is 11.3 Å². The predicted molar refractivity (Wildman–Crippen MR) is 120 cm³/mol. The van der Waals surface area contributed by atoms with Gasteiger partial charge >= 0.3 is 0 Å². The second-order valence-electron chi connectivity index (χ2n) is 7.40. The van der Waals surface area contributed by atoms with Gasteiger partial charge in [0.15, 0.2) is 11.5 Å². The Labute approximate surface area is 182 Å².